The number of halogens is 3. The highest BCUT2D eigenvalue weighted by atomic mass is 35.5. The van der Waals surface area contributed by atoms with Gasteiger partial charge in [-0.05, 0) is 37.1 Å². The van der Waals surface area contributed by atoms with Crippen LogP contribution in [0, 0.1) is 17.7 Å². The van der Waals surface area contributed by atoms with Crippen LogP contribution in [0.5, 0.6) is 0 Å². The quantitative estimate of drug-likeness (QED) is 0.831. The standard InChI is InChI=1S/C11H11Cl2FN2O2S/c12-7-1-2-8(9(13)10(7)14)19(17,18)16-11-5-3-15-4-6(5)11/h1-2,5-6,11,15-16H,3-4H2. The van der Waals surface area contributed by atoms with Crippen LogP contribution < -0.4 is 10.0 Å². The Kier molecular flexibility index (Phi) is 3.26. The molecule has 2 N–H and O–H groups in total. The summed E-state index contributed by atoms with van der Waals surface area (Å²) >= 11 is 11.3. The second-order valence-electron chi connectivity index (χ2n) is 4.81. The smallest absolute Gasteiger partial charge is 0.242 e. The van der Waals surface area contributed by atoms with Crippen molar-refractivity contribution in [1.82, 2.24) is 10.0 Å². The van der Waals surface area contributed by atoms with E-state index in [1.807, 2.05) is 0 Å². The van der Waals surface area contributed by atoms with Crippen molar-refractivity contribution >= 4 is 33.2 Å². The van der Waals surface area contributed by atoms with E-state index >= 15 is 0 Å². The highest BCUT2D eigenvalue weighted by Crippen LogP contribution is 2.42. The summed E-state index contributed by atoms with van der Waals surface area (Å²) in [4.78, 5) is -0.269. The average molecular weight is 325 g/mol. The summed E-state index contributed by atoms with van der Waals surface area (Å²) in [5.74, 6) is -0.264. The molecule has 104 valence electrons. The Labute approximate surface area is 120 Å². The molecule has 8 heteroatoms. The molecule has 0 spiro atoms. The van der Waals surface area contributed by atoms with Crippen LogP contribution in [0.2, 0.25) is 10.0 Å². The number of hydrogen-bond donors (Lipinski definition) is 2. The summed E-state index contributed by atoms with van der Waals surface area (Å²) in [6, 6.07) is 2.32. The van der Waals surface area contributed by atoms with Gasteiger partial charge in [0.2, 0.25) is 10.0 Å². The molecule has 1 aromatic carbocycles. The average Bonchev–Trinajstić information content (AvgIpc) is 2.78. The van der Waals surface area contributed by atoms with E-state index in [0.29, 0.717) is 11.8 Å². The van der Waals surface area contributed by atoms with Crippen molar-refractivity contribution in [2.75, 3.05) is 13.1 Å². The molecule has 2 fully saturated rings. The van der Waals surface area contributed by atoms with Crippen molar-refractivity contribution in [1.29, 1.82) is 0 Å². The van der Waals surface area contributed by atoms with Gasteiger partial charge in [0.1, 0.15) is 4.90 Å². The second kappa shape index (κ2) is 4.56. The molecule has 3 rings (SSSR count). The third-order valence-electron chi connectivity index (χ3n) is 3.67. The van der Waals surface area contributed by atoms with Crippen LogP contribution in [0.25, 0.3) is 0 Å². The molecule has 1 aliphatic carbocycles. The van der Waals surface area contributed by atoms with Gasteiger partial charge in [0.25, 0.3) is 0 Å². The Morgan fingerprint density at radius 3 is 2.53 bits per heavy atom. The van der Waals surface area contributed by atoms with Gasteiger partial charge in [-0.3, -0.25) is 0 Å². The van der Waals surface area contributed by atoms with E-state index in [0.717, 1.165) is 13.1 Å². The van der Waals surface area contributed by atoms with Crippen molar-refractivity contribution in [2.24, 2.45) is 11.8 Å². The number of rotatable bonds is 3. The van der Waals surface area contributed by atoms with E-state index in [1.54, 1.807) is 0 Å². The summed E-state index contributed by atoms with van der Waals surface area (Å²) in [5, 5.41) is 2.50. The Morgan fingerprint density at radius 2 is 1.89 bits per heavy atom. The van der Waals surface area contributed by atoms with Crippen LogP contribution in [0.15, 0.2) is 17.0 Å². The second-order valence-corrected chi connectivity index (χ2v) is 7.27. The monoisotopic (exact) mass is 324 g/mol. The van der Waals surface area contributed by atoms with Crippen molar-refractivity contribution < 1.29 is 12.8 Å². The first-order valence-corrected chi connectivity index (χ1v) is 8.02. The largest absolute Gasteiger partial charge is 0.316 e. The molecule has 4 nitrogen and oxygen atoms in total. The van der Waals surface area contributed by atoms with Crippen molar-refractivity contribution in [3.8, 4) is 0 Å². The van der Waals surface area contributed by atoms with Crippen LogP contribution >= 0.6 is 23.2 Å². The lowest BCUT2D eigenvalue weighted by Gasteiger charge is -2.11. The zero-order valence-electron chi connectivity index (χ0n) is 9.66. The molecule has 2 aliphatic rings. The Morgan fingerprint density at radius 1 is 1.26 bits per heavy atom. The maximum absolute atomic E-state index is 13.5. The highest BCUT2D eigenvalue weighted by molar-refractivity contribution is 7.89. The van der Waals surface area contributed by atoms with E-state index in [-0.39, 0.29) is 16.0 Å². The van der Waals surface area contributed by atoms with Crippen LogP contribution in [0.4, 0.5) is 4.39 Å². The topological polar surface area (TPSA) is 58.2 Å². The van der Waals surface area contributed by atoms with Crippen LogP contribution in [-0.4, -0.2) is 27.5 Å². The zero-order chi connectivity index (χ0) is 13.8. The summed E-state index contributed by atoms with van der Waals surface area (Å²) < 4.78 is 40.5. The first-order valence-electron chi connectivity index (χ1n) is 5.78. The summed E-state index contributed by atoms with van der Waals surface area (Å²) in [6.07, 6.45) is 0. The molecule has 0 radical (unpaired) electrons. The van der Waals surface area contributed by atoms with Crippen molar-refractivity contribution in [3.05, 3.63) is 28.0 Å². The number of piperidine rings is 1. The number of fused-ring (bicyclic) bond motifs is 1. The van der Waals surface area contributed by atoms with Gasteiger partial charge in [0.15, 0.2) is 5.82 Å². The minimum Gasteiger partial charge on any atom is -0.316 e. The first kappa shape index (κ1) is 13.6. The number of benzene rings is 1. The van der Waals surface area contributed by atoms with Gasteiger partial charge in [-0.1, -0.05) is 23.2 Å². The fraction of sp³-hybridized carbons (Fsp3) is 0.455. The highest BCUT2D eigenvalue weighted by Gasteiger charge is 2.54. The van der Waals surface area contributed by atoms with E-state index < -0.39 is 20.9 Å². The third kappa shape index (κ3) is 2.25. The molecule has 0 bridgehead atoms. The Balaban J connectivity index is 1.87. The molecule has 2 unspecified atom stereocenters. The molecule has 1 aromatic rings. The Hall–Kier alpha value is -0.400. The number of hydrogen-bond acceptors (Lipinski definition) is 3. The van der Waals surface area contributed by atoms with Gasteiger partial charge in [0.05, 0.1) is 10.0 Å². The van der Waals surface area contributed by atoms with Gasteiger partial charge < -0.3 is 5.32 Å². The van der Waals surface area contributed by atoms with Gasteiger partial charge in [-0.2, -0.15) is 0 Å². The number of sulfonamides is 1. The summed E-state index contributed by atoms with van der Waals surface area (Å²) in [6.45, 7) is 1.61. The van der Waals surface area contributed by atoms with E-state index in [2.05, 4.69) is 10.0 Å². The predicted molar refractivity (Wildman–Crippen MR) is 70.4 cm³/mol. The van der Waals surface area contributed by atoms with Crippen molar-refractivity contribution in [3.63, 3.8) is 0 Å². The first-order chi connectivity index (χ1) is 8.92. The lowest BCUT2D eigenvalue weighted by Crippen LogP contribution is -2.32. The third-order valence-corrected chi connectivity index (χ3v) is 5.95. The fourth-order valence-corrected chi connectivity index (χ4v) is 4.63. The van der Waals surface area contributed by atoms with Crippen LogP contribution in [0.3, 0.4) is 0 Å². The molecule has 1 heterocycles. The normalized spacial score (nSPS) is 29.3. The predicted octanol–water partition coefficient (Wildman–Crippen LogP) is 1.63. The molecule has 1 saturated carbocycles. The zero-order valence-corrected chi connectivity index (χ0v) is 12.0. The van der Waals surface area contributed by atoms with E-state index in [4.69, 9.17) is 23.2 Å². The van der Waals surface area contributed by atoms with E-state index in [1.165, 1.54) is 12.1 Å². The summed E-state index contributed by atoms with van der Waals surface area (Å²) in [5.41, 5.74) is 0. The lowest BCUT2D eigenvalue weighted by molar-refractivity contribution is 0.563. The van der Waals surface area contributed by atoms with Crippen LogP contribution in [0.1, 0.15) is 0 Å². The molecular formula is C11H11Cl2FN2O2S. The lowest BCUT2D eigenvalue weighted by atomic mass is 10.3. The fourth-order valence-electron chi connectivity index (χ4n) is 2.55. The minimum absolute atomic E-state index is 0.0824. The van der Waals surface area contributed by atoms with Crippen molar-refractivity contribution in [2.45, 2.75) is 10.9 Å². The van der Waals surface area contributed by atoms with Crippen LogP contribution in [-0.2, 0) is 10.0 Å². The number of nitrogens with one attached hydrogen (secondary N) is 2. The minimum atomic E-state index is -3.82. The SMILES string of the molecule is O=S(=O)(NC1C2CNCC21)c1ccc(Cl)c(F)c1Cl. The maximum atomic E-state index is 13.5. The Bertz CT molecular complexity index is 628. The molecule has 0 aromatic heterocycles. The van der Waals surface area contributed by atoms with E-state index in [9.17, 15) is 12.8 Å². The molecule has 19 heavy (non-hydrogen) atoms. The van der Waals surface area contributed by atoms with Gasteiger partial charge in [-0.15, -0.1) is 0 Å². The van der Waals surface area contributed by atoms with Gasteiger partial charge >= 0.3 is 0 Å². The molecule has 2 atom stereocenters. The molecular weight excluding hydrogens is 314 g/mol. The molecule has 1 saturated heterocycles. The maximum Gasteiger partial charge on any atom is 0.242 e. The molecule has 1 aliphatic heterocycles. The molecule has 0 amide bonds. The summed E-state index contributed by atoms with van der Waals surface area (Å²) in [7, 11) is -3.82. The van der Waals surface area contributed by atoms with Gasteiger partial charge in [0, 0.05) is 6.04 Å². The van der Waals surface area contributed by atoms with Gasteiger partial charge in [-0.25, -0.2) is 17.5 Å².